The van der Waals surface area contributed by atoms with Gasteiger partial charge in [-0.3, -0.25) is 4.79 Å². The zero-order chi connectivity index (χ0) is 20.1. The zero-order valence-corrected chi connectivity index (χ0v) is 17.4. The third kappa shape index (κ3) is 4.78. The average molecular weight is 396 g/mol. The molecule has 0 saturated heterocycles. The van der Waals surface area contributed by atoms with Crippen LogP contribution in [-0.4, -0.2) is 31.4 Å². The summed E-state index contributed by atoms with van der Waals surface area (Å²) in [6, 6.07) is 16.1. The Hall–Kier alpha value is -2.67. The van der Waals surface area contributed by atoms with E-state index in [0.717, 1.165) is 22.4 Å². The van der Waals surface area contributed by atoms with Crippen molar-refractivity contribution in [2.75, 3.05) is 5.32 Å². The van der Waals surface area contributed by atoms with E-state index in [1.54, 1.807) is 4.68 Å². The van der Waals surface area contributed by atoms with Gasteiger partial charge in [0, 0.05) is 5.69 Å². The van der Waals surface area contributed by atoms with Crippen LogP contribution in [0.4, 0.5) is 5.69 Å². The molecular weight excluding hydrogens is 370 g/mol. The summed E-state index contributed by atoms with van der Waals surface area (Å²) in [4.78, 5) is 12.8. The lowest BCUT2D eigenvalue weighted by Gasteiger charge is -2.18. The van der Waals surface area contributed by atoms with E-state index in [2.05, 4.69) is 40.8 Å². The number of tetrazole rings is 1. The number of thioether (sulfide) groups is 1. The summed E-state index contributed by atoms with van der Waals surface area (Å²) >= 11 is 1.36. The molecule has 1 unspecified atom stereocenters. The molecule has 0 aliphatic heterocycles. The standard InChI is InChI=1S/C21H25N5OS/c1-14(2)18-12-8-9-15(3)19(18)22-20(27)16(4)28-21-23-24-25-26(21)13-17-10-6-5-7-11-17/h5-12,14,16H,13H2,1-4H3,(H,22,27). The molecule has 1 atom stereocenters. The van der Waals surface area contributed by atoms with Crippen LogP contribution in [0.15, 0.2) is 53.7 Å². The predicted molar refractivity (Wildman–Crippen MR) is 113 cm³/mol. The van der Waals surface area contributed by atoms with Gasteiger partial charge in [0.1, 0.15) is 0 Å². The van der Waals surface area contributed by atoms with E-state index in [1.807, 2.05) is 56.3 Å². The van der Waals surface area contributed by atoms with Crippen LogP contribution in [0.3, 0.4) is 0 Å². The highest BCUT2D eigenvalue weighted by Gasteiger charge is 2.21. The van der Waals surface area contributed by atoms with Gasteiger partial charge in [-0.05, 0) is 46.9 Å². The fraction of sp³-hybridized carbons (Fsp3) is 0.333. The molecule has 7 heteroatoms. The lowest BCUT2D eigenvalue weighted by molar-refractivity contribution is -0.115. The fourth-order valence-corrected chi connectivity index (χ4v) is 3.70. The fourth-order valence-electron chi connectivity index (χ4n) is 2.92. The molecule has 3 aromatic rings. The number of carbonyl (C=O) groups excluding carboxylic acids is 1. The number of aromatic nitrogens is 4. The molecule has 2 aromatic carbocycles. The van der Waals surface area contributed by atoms with Crippen LogP contribution < -0.4 is 5.32 Å². The number of rotatable bonds is 7. The van der Waals surface area contributed by atoms with E-state index >= 15 is 0 Å². The van der Waals surface area contributed by atoms with Crippen molar-refractivity contribution in [1.29, 1.82) is 0 Å². The number of amides is 1. The second-order valence-corrected chi connectivity index (χ2v) is 8.36. The van der Waals surface area contributed by atoms with Crippen molar-refractivity contribution in [3.63, 3.8) is 0 Å². The van der Waals surface area contributed by atoms with Gasteiger partial charge < -0.3 is 5.32 Å². The van der Waals surface area contributed by atoms with Gasteiger partial charge in [-0.15, -0.1) is 5.10 Å². The Morgan fingerprint density at radius 1 is 1.11 bits per heavy atom. The van der Waals surface area contributed by atoms with Crippen LogP contribution in [0.5, 0.6) is 0 Å². The predicted octanol–water partition coefficient (Wildman–Crippen LogP) is 4.27. The van der Waals surface area contributed by atoms with Crippen molar-refractivity contribution in [1.82, 2.24) is 20.2 Å². The topological polar surface area (TPSA) is 72.7 Å². The molecule has 0 radical (unpaired) electrons. The van der Waals surface area contributed by atoms with E-state index in [9.17, 15) is 4.79 Å². The number of hydrogen-bond donors (Lipinski definition) is 1. The molecule has 0 bridgehead atoms. The number of nitrogens with one attached hydrogen (secondary N) is 1. The minimum absolute atomic E-state index is 0.0598. The minimum Gasteiger partial charge on any atom is -0.325 e. The molecule has 0 fully saturated rings. The molecule has 146 valence electrons. The van der Waals surface area contributed by atoms with Crippen molar-refractivity contribution in [2.24, 2.45) is 0 Å². The third-order valence-electron chi connectivity index (χ3n) is 4.50. The molecule has 1 N–H and O–H groups in total. The highest BCUT2D eigenvalue weighted by molar-refractivity contribution is 8.00. The number of benzene rings is 2. The molecule has 0 aliphatic carbocycles. The molecule has 1 amide bonds. The Kier molecular flexibility index (Phi) is 6.46. The second-order valence-electron chi connectivity index (χ2n) is 7.05. The van der Waals surface area contributed by atoms with Gasteiger partial charge in [-0.25, -0.2) is 4.68 Å². The Morgan fingerprint density at radius 3 is 2.57 bits per heavy atom. The van der Waals surface area contributed by atoms with E-state index in [0.29, 0.717) is 17.6 Å². The first-order chi connectivity index (χ1) is 13.5. The van der Waals surface area contributed by atoms with E-state index in [1.165, 1.54) is 11.8 Å². The van der Waals surface area contributed by atoms with Gasteiger partial charge in [0.25, 0.3) is 0 Å². The summed E-state index contributed by atoms with van der Waals surface area (Å²) in [7, 11) is 0. The zero-order valence-electron chi connectivity index (χ0n) is 16.6. The van der Waals surface area contributed by atoms with E-state index < -0.39 is 0 Å². The number of hydrogen-bond acceptors (Lipinski definition) is 5. The van der Waals surface area contributed by atoms with Gasteiger partial charge in [0.05, 0.1) is 11.8 Å². The average Bonchev–Trinajstić information content (AvgIpc) is 3.10. The van der Waals surface area contributed by atoms with Gasteiger partial charge in [0.2, 0.25) is 11.1 Å². The number of anilines is 1. The summed E-state index contributed by atoms with van der Waals surface area (Å²) in [5.74, 6) is 0.270. The summed E-state index contributed by atoms with van der Waals surface area (Å²) in [5, 5.41) is 15.3. The number of para-hydroxylation sites is 1. The maximum Gasteiger partial charge on any atom is 0.237 e. The molecule has 3 rings (SSSR count). The summed E-state index contributed by atoms with van der Waals surface area (Å²) < 4.78 is 1.72. The quantitative estimate of drug-likeness (QED) is 0.605. The summed E-state index contributed by atoms with van der Waals surface area (Å²) in [6.07, 6.45) is 0. The molecule has 0 spiro atoms. The molecule has 0 saturated carbocycles. The first kappa shape index (κ1) is 20.1. The van der Waals surface area contributed by atoms with E-state index in [4.69, 9.17) is 0 Å². The molecule has 28 heavy (non-hydrogen) atoms. The van der Waals surface area contributed by atoms with Gasteiger partial charge in [-0.2, -0.15) is 0 Å². The maximum atomic E-state index is 12.8. The second kappa shape index (κ2) is 9.01. The van der Waals surface area contributed by atoms with Crippen LogP contribution in [0.2, 0.25) is 0 Å². The Bertz CT molecular complexity index is 939. The highest BCUT2D eigenvalue weighted by atomic mass is 32.2. The molecular formula is C21H25N5OS. The number of carbonyl (C=O) groups is 1. The van der Waals surface area contributed by atoms with Crippen LogP contribution in [0.1, 0.15) is 43.4 Å². The molecule has 1 aromatic heterocycles. The van der Waals surface area contributed by atoms with Gasteiger partial charge in [0.15, 0.2) is 0 Å². The first-order valence-electron chi connectivity index (χ1n) is 9.33. The third-order valence-corrected chi connectivity index (χ3v) is 5.57. The Balaban J connectivity index is 1.70. The molecule has 0 aliphatic rings. The van der Waals surface area contributed by atoms with Crippen molar-refractivity contribution in [2.45, 2.75) is 50.6 Å². The van der Waals surface area contributed by atoms with Crippen LogP contribution in [-0.2, 0) is 11.3 Å². The maximum absolute atomic E-state index is 12.8. The Morgan fingerprint density at radius 2 is 1.86 bits per heavy atom. The normalized spacial score (nSPS) is 12.2. The Labute approximate surface area is 169 Å². The van der Waals surface area contributed by atoms with E-state index in [-0.39, 0.29) is 11.2 Å². The van der Waals surface area contributed by atoms with Crippen molar-refractivity contribution >= 4 is 23.4 Å². The van der Waals surface area contributed by atoms with Gasteiger partial charge in [-0.1, -0.05) is 74.1 Å². The van der Waals surface area contributed by atoms with Crippen molar-refractivity contribution < 1.29 is 4.79 Å². The smallest absolute Gasteiger partial charge is 0.237 e. The number of nitrogens with zero attached hydrogens (tertiary/aromatic N) is 4. The van der Waals surface area contributed by atoms with Crippen LogP contribution in [0, 0.1) is 6.92 Å². The largest absolute Gasteiger partial charge is 0.325 e. The molecule has 1 heterocycles. The van der Waals surface area contributed by atoms with Crippen molar-refractivity contribution in [3.8, 4) is 0 Å². The van der Waals surface area contributed by atoms with Gasteiger partial charge >= 0.3 is 0 Å². The summed E-state index contributed by atoms with van der Waals surface area (Å²) in [6.45, 7) is 8.70. The molecule has 6 nitrogen and oxygen atoms in total. The lowest BCUT2D eigenvalue weighted by atomic mass is 9.98. The monoisotopic (exact) mass is 395 g/mol. The first-order valence-corrected chi connectivity index (χ1v) is 10.2. The lowest BCUT2D eigenvalue weighted by Crippen LogP contribution is -2.24. The highest BCUT2D eigenvalue weighted by Crippen LogP contribution is 2.29. The minimum atomic E-state index is -0.333. The summed E-state index contributed by atoms with van der Waals surface area (Å²) in [5.41, 5.74) is 4.21. The SMILES string of the molecule is Cc1cccc(C(C)C)c1NC(=O)C(C)Sc1nnnn1Cc1ccccc1. The van der Waals surface area contributed by atoms with Crippen LogP contribution in [0.25, 0.3) is 0 Å². The number of aryl methyl sites for hydroxylation is 1. The van der Waals surface area contributed by atoms with Crippen LogP contribution >= 0.6 is 11.8 Å². The van der Waals surface area contributed by atoms with Crippen molar-refractivity contribution in [3.05, 3.63) is 65.2 Å².